The van der Waals surface area contributed by atoms with Crippen molar-refractivity contribution in [1.82, 2.24) is 4.90 Å². The summed E-state index contributed by atoms with van der Waals surface area (Å²) in [6.07, 6.45) is 6.19. The Labute approximate surface area is 108 Å². The van der Waals surface area contributed by atoms with Crippen LogP contribution in [0.4, 0.5) is 0 Å². The van der Waals surface area contributed by atoms with Crippen LogP contribution in [0.5, 0.6) is 0 Å². The molecule has 1 aliphatic heterocycles. The normalized spacial score (nSPS) is 16.0. The number of carboxylic acid groups (broad SMARTS) is 1. The number of benzene rings is 1. The van der Waals surface area contributed by atoms with Crippen LogP contribution in [0.1, 0.15) is 41.6 Å². The highest BCUT2D eigenvalue weighted by Crippen LogP contribution is 2.11. The summed E-state index contributed by atoms with van der Waals surface area (Å²) >= 11 is 0. The van der Waals surface area contributed by atoms with E-state index in [4.69, 9.17) is 5.11 Å². The van der Waals surface area contributed by atoms with Gasteiger partial charge in [0.2, 0.25) is 0 Å². The zero-order chi connectivity index (χ0) is 12.8. The van der Waals surface area contributed by atoms with Crippen molar-refractivity contribution < 1.29 is 9.90 Å². The van der Waals surface area contributed by atoms with Gasteiger partial charge in [0.15, 0.2) is 0 Å². The van der Waals surface area contributed by atoms with E-state index in [9.17, 15) is 4.79 Å². The van der Waals surface area contributed by atoms with Crippen molar-refractivity contribution in [3.8, 4) is 0 Å². The van der Waals surface area contributed by atoms with Crippen LogP contribution >= 0.6 is 0 Å². The van der Waals surface area contributed by atoms with E-state index >= 15 is 0 Å². The summed E-state index contributed by atoms with van der Waals surface area (Å²) < 4.78 is 0. The van der Waals surface area contributed by atoms with E-state index in [0.29, 0.717) is 5.56 Å². The van der Waals surface area contributed by atoms with Crippen LogP contribution < -0.4 is 0 Å². The molecule has 18 heavy (non-hydrogen) atoms. The third-order valence-corrected chi connectivity index (χ3v) is 3.59. The fourth-order valence-corrected chi connectivity index (χ4v) is 2.48. The standard InChI is InChI=1S/C15H21NO2/c17-15(18)14-8-6-13(7-9-14)5-1-2-10-16-11-3-4-12-16/h6-9H,1-5,10-12H2,(H,17,18). The van der Waals surface area contributed by atoms with Crippen molar-refractivity contribution in [2.24, 2.45) is 0 Å². The molecule has 0 atom stereocenters. The summed E-state index contributed by atoms with van der Waals surface area (Å²) in [5, 5.41) is 8.81. The number of aromatic carboxylic acids is 1. The molecule has 98 valence electrons. The fraction of sp³-hybridized carbons (Fsp3) is 0.533. The lowest BCUT2D eigenvalue weighted by Gasteiger charge is -2.13. The fourth-order valence-electron chi connectivity index (χ4n) is 2.48. The molecular formula is C15H21NO2. The van der Waals surface area contributed by atoms with Gasteiger partial charge in [-0.3, -0.25) is 0 Å². The molecule has 2 rings (SSSR count). The summed E-state index contributed by atoms with van der Waals surface area (Å²) in [6.45, 7) is 3.76. The molecule has 3 heteroatoms. The first-order valence-corrected chi connectivity index (χ1v) is 6.80. The van der Waals surface area contributed by atoms with E-state index in [-0.39, 0.29) is 0 Å². The molecule has 1 aromatic rings. The van der Waals surface area contributed by atoms with Crippen LogP contribution in [0, 0.1) is 0 Å². The quantitative estimate of drug-likeness (QED) is 0.786. The van der Waals surface area contributed by atoms with Gasteiger partial charge in [-0.2, -0.15) is 0 Å². The minimum atomic E-state index is -0.851. The number of carboxylic acids is 1. The van der Waals surface area contributed by atoms with E-state index in [0.717, 1.165) is 6.42 Å². The number of hydrogen-bond acceptors (Lipinski definition) is 2. The van der Waals surface area contributed by atoms with Crippen LogP contribution in [0.2, 0.25) is 0 Å². The first kappa shape index (κ1) is 13.1. The van der Waals surface area contributed by atoms with Crippen molar-refractivity contribution in [3.63, 3.8) is 0 Å². The molecule has 1 fully saturated rings. The van der Waals surface area contributed by atoms with Gasteiger partial charge in [0.1, 0.15) is 0 Å². The molecule has 0 unspecified atom stereocenters. The maximum absolute atomic E-state index is 10.7. The Hall–Kier alpha value is -1.35. The monoisotopic (exact) mass is 247 g/mol. The smallest absolute Gasteiger partial charge is 0.335 e. The molecule has 0 saturated carbocycles. The van der Waals surface area contributed by atoms with Crippen molar-refractivity contribution in [1.29, 1.82) is 0 Å². The van der Waals surface area contributed by atoms with Gasteiger partial charge in [0, 0.05) is 0 Å². The van der Waals surface area contributed by atoms with E-state index < -0.39 is 5.97 Å². The molecule has 1 N–H and O–H groups in total. The van der Waals surface area contributed by atoms with Crippen LogP contribution in [0.15, 0.2) is 24.3 Å². The Morgan fingerprint density at radius 2 is 1.78 bits per heavy atom. The molecule has 0 amide bonds. The maximum Gasteiger partial charge on any atom is 0.335 e. The van der Waals surface area contributed by atoms with E-state index in [1.165, 1.54) is 50.9 Å². The summed E-state index contributed by atoms with van der Waals surface area (Å²) in [7, 11) is 0. The third kappa shape index (κ3) is 3.84. The van der Waals surface area contributed by atoms with Gasteiger partial charge in [-0.25, -0.2) is 4.79 Å². The molecule has 0 bridgehead atoms. The SMILES string of the molecule is O=C(O)c1ccc(CCCCN2CCCC2)cc1. The summed E-state index contributed by atoms with van der Waals surface area (Å²) in [5.41, 5.74) is 1.61. The van der Waals surface area contributed by atoms with Crippen LogP contribution in [0.25, 0.3) is 0 Å². The number of likely N-dealkylation sites (tertiary alicyclic amines) is 1. The predicted molar refractivity (Wildman–Crippen MR) is 72.0 cm³/mol. The summed E-state index contributed by atoms with van der Waals surface area (Å²) in [5.74, 6) is -0.851. The number of nitrogens with zero attached hydrogens (tertiary/aromatic N) is 1. The predicted octanol–water partition coefficient (Wildman–Crippen LogP) is 2.80. The Morgan fingerprint density at radius 3 is 2.39 bits per heavy atom. The number of carbonyl (C=O) groups is 1. The average molecular weight is 247 g/mol. The lowest BCUT2D eigenvalue weighted by Crippen LogP contribution is -2.20. The molecule has 0 spiro atoms. The third-order valence-electron chi connectivity index (χ3n) is 3.59. The van der Waals surface area contributed by atoms with Crippen LogP contribution in [0.3, 0.4) is 0 Å². The van der Waals surface area contributed by atoms with Gasteiger partial charge in [-0.1, -0.05) is 12.1 Å². The van der Waals surface area contributed by atoms with Crippen molar-refractivity contribution in [3.05, 3.63) is 35.4 Å². The Kier molecular flexibility index (Phi) is 4.76. The Morgan fingerprint density at radius 1 is 1.11 bits per heavy atom. The molecule has 1 aliphatic rings. The second-order valence-corrected chi connectivity index (χ2v) is 5.01. The van der Waals surface area contributed by atoms with E-state index in [1.807, 2.05) is 12.1 Å². The number of unbranched alkanes of at least 4 members (excludes halogenated alkanes) is 1. The first-order chi connectivity index (χ1) is 8.75. The molecule has 3 nitrogen and oxygen atoms in total. The highest BCUT2D eigenvalue weighted by molar-refractivity contribution is 5.87. The highest BCUT2D eigenvalue weighted by atomic mass is 16.4. The minimum absolute atomic E-state index is 0.371. The molecule has 1 heterocycles. The second-order valence-electron chi connectivity index (χ2n) is 5.01. The number of aryl methyl sites for hydroxylation is 1. The number of rotatable bonds is 6. The summed E-state index contributed by atoms with van der Waals surface area (Å²) in [4.78, 5) is 13.2. The van der Waals surface area contributed by atoms with Crippen LogP contribution in [-0.4, -0.2) is 35.6 Å². The van der Waals surface area contributed by atoms with Gasteiger partial charge in [-0.15, -0.1) is 0 Å². The lowest BCUT2D eigenvalue weighted by atomic mass is 10.1. The van der Waals surface area contributed by atoms with Crippen molar-refractivity contribution in [2.45, 2.75) is 32.1 Å². The van der Waals surface area contributed by atoms with Gasteiger partial charge < -0.3 is 10.0 Å². The van der Waals surface area contributed by atoms with Crippen LogP contribution in [-0.2, 0) is 6.42 Å². The Bertz CT molecular complexity index is 380. The lowest BCUT2D eigenvalue weighted by molar-refractivity contribution is 0.0697. The molecule has 1 saturated heterocycles. The topological polar surface area (TPSA) is 40.5 Å². The van der Waals surface area contributed by atoms with Gasteiger partial charge >= 0.3 is 5.97 Å². The van der Waals surface area contributed by atoms with Crippen molar-refractivity contribution >= 4 is 5.97 Å². The molecule has 0 aliphatic carbocycles. The molecule has 0 aromatic heterocycles. The number of hydrogen-bond donors (Lipinski definition) is 1. The first-order valence-electron chi connectivity index (χ1n) is 6.80. The van der Waals surface area contributed by atoms with Crippen molar-refractivity contribution in [2.75, 3.05) is 19.6 Å². The van der Waals surface area contributed by atoms with Gasteiger partial charge in [-0.05, 0) is 69.4 Å². The minimum Gasteiger partial charge on any atom is -0.478 e. The second kappa shape index (κ2) is 6.55. The summed E-state index contributed by atoms with van der Waals surface area (Å²) in [6, 6.07) is 7.24. The molecule has 1 aromatic carbocycles. The van der Waals surface area contributed by atoms with Gasteiger partial charge in [0.25, 0.3) is 0 Å². The zero-order valence-electron chi connectivity index (χ0n) is 10.8. The highest BCUT2D eigenvalue weighted by Gasteiger charge is 2.10. The zero-order valence-corrected chi connectivity index (χ0v) is 10.8. The van der Waals surface area contributed by atoms with E-state index in [2.05, 4.69) is 4.90 Å². The average Bonchev–Trinajstić information content (AvgIpc) is 2.88. The molecule has 0 radical (unpaired) electrons. The van der Waals surface area contributed by atoms with E-state index in [1.54, 1.807) is 12.1 Å². The Balaban J connectivity index is 1.68. The molecular weight excluding hydrogens is 226 g/mol. The van der Waals surface area contributed by atoms with Gasteiger partial charge in [0.05, 0.1) is 5.56 Å². The largest absolute Gasteiger partial charge is 0.478 e. The maximum atomic E-state index is 10.7.